The van der Waals surface area contributed by atoms with Crippen molar-refractivity contribution >= 4 is 11.8 Å². The molecule has 2 amide bonds. The summed E-state index contributed by atoms with van der Waals surface area (Å²) in [6.45, 7) is 5.30. The Kier molecular flexibility index (Phi) is 2.31. The van der Waals surface area contributed by atoms with E-state index in [-0.39, 0.29) is 29.7 Å². The molecular formula is C10H16N2O2. The zero-order valence-electron chi connectivity index (χ0n) is 8.62. The first-order valence-electron chi connectivity index (χ1n) is 5.20. The summed E-state index contributed by atoms with van der Waals surface area (Å²) >= 11 is 0. The van der Waals surface area contributed by atoms with Crippen LogP contribution < -0.4 is 5.32 Å². The maximum atomic E-state index is 11.9. The molecule has 2 atom stereocenters. The van der Waals surface area contributed by atoms with Crippen molar-refractivity contribution in [2.45, 2.75) is 26.3 Å². The molecule has 14 heavy (non-hydrogen) atoms. The molecule has 4 nitrogen and oxygen atoms in total. The molecule has 2 rings (SSSR count). The summed E-state index contributed by atoms with van der Waals surface area (Å²) in [5.41, 5.74) is 0. The van der Waals surface area contributed by atoms with E-state index in [1.165, 1.54) is 4.90 Å². The van der Waals surface area contributed by atoms with Crippen molar-refractivity contribution in [1.82, 2.24) is 10.2 Å². The van der Waals surface area contributed by atoms with E-state index in [2.05, 4.69) is 5.32 Å². The second-order valence-corrected chi connectivity index (χ2v) is 4.35. The summed E-state index contributed by atoms with van der Waals surface area (Å²) in [7, 11) is 0. The topological polar surface area (TPSA) is 49.4 Å². The maximum absolute atomic E-state index is 11.9. The number of likely N-dealkylation sites (tertiary alicyclic amines) is 1. The number of nitrogens with one attached hydrogen (secondary N) is 1. The van der Waals surface area contributed by atoms with Gasteiger partial charge in [0.25, 0.3) is 0 Å². The predicted molar refractivity (Wildman–Crippen MR) is 51.5 cm³/mol. The van der Waals surface area contributed by atoms with E-state index in [0.717, 1.165) is 13.0 Å². The highest BCUT2D eigenvalue weighted by molar-refractivity contribution is 6.05. The molecule has 2 fully saturated rings. The number of hydrogen-bond acceptors (Lipinski definition) is 3. The van der Waals surface area contributed by atoms with Crippen LogP contribution in [-0.4, -0.2) is 35.8 Å². The van der Waals surface area contributed by atoms with Gasteiger partial charge in [0.05, 0.1) is 11.8 Å². The van der Waals surface area contributed by atoms with Gasteiger partial charge in [-0.3, -0.25) is 14.5 Å². The highest BCUT2D eigenvalue weighted by Gasteiger charge is 2.48. The van der Waals surface area contributed by atoms with E-state index >= 15 is 0 Å². The first kappa shape index (κ1) is 9.65. The molecule has 4 heteroatoms. The number of fused-ring (bicyclic) bond motifs is 1. The van der Waals surface area contributed by atoms with Crippen LogP contribution in [0.15, 0.2) is 0 Å². The highest BCUT2D eigenvalue weighted by atomic mass is 16.2. The van der Waals surface area contributed by atoms with Crippen LogP contribution in [-0.2, 0) is 9.59 Å². The smallest absolute Gasteiger partial charge is 0.234 e. The van der Waals surface area contributed by atoms with E-state index < -0.39 is 0 Å². The van der Waals surface area contributed by atoms with Crippen molar-refractivity contribution in [2.75, 3.05) is 13.1 Å². The Hall–Kier alpha value is -0.900. The molecular weight excluding hydrogens is 180 g/mol. The maximum Gasteiger partial charge on any atom is 0.234 e. The molecule has 1 N–H and O–H groups in total. The van der Waals surface area contributed by atoms with Gasteiger partial charge in [-0.15, -0.1) is 0 Å². The summed E-state index contributed by atoms with van der Waals surface area (Å²) in [5, 5.41) is 3.17. The fraction of sp³-hybridized carbons (Fsp3) is 0.800. The van der Waals surface area contributed by atoms with Gasteiger partial charge in [0.1, 0.15) is 0 Å². The lowest BCUT2D eigenvalue weighted by molar-refractivity contribution is -0.141. The molecule has 0 aromatic carbocycles. The number of hydrogen-bond donors (Lipinski definition) is 1. The van der Waals surface area contributed by atoms with Crippen LogP contribution in [0.1, 0.15) is 20.3 Å². The Balaban J connectivity index is 2.24. The van der Waals surface area contributed by atoms with Crippen molar-refractivity contribution in [2.24, 2.45) is 11.8 Å². The molecule has 78 valence electrons. The van der Waals surface area contributed by atoms with Gasteiger partial charge >= 0.3 is 0 Å². The van der Waals surface area contributed by atoms with Gasteiger partial charge in [0.2, 0.25) is 11.8 Å². The molecule has 2 aliphatic heterocycles. The van der Waals surface area contributed by atoms with Crippen LogP contribution in [0.2, 0.25) is 0 Å². The van der Waals surface area contributed by atoms with E-state index in [1.54, 1.807) is 0 Å². The van der Waals surface area contributed by atoms with Crippen LogP contribution in [0.4, 0.5) is 0 Å². The SMILES string of the molecule is CC(C)N1C(=O)C2CCNCC2C1=O. The summed E-state index contributed by atoms with van der Waals surface area (Å²) < 4.78 is 0. The first-order chi connectivity index (χ1) is 6.63. The van der Waals surface area contributed by atoms with Crippen LogP contribution in [0.5, 0.6) is 0 Å². The Labute approximate surface area is 83.6 Å². The summed E-state index contributed by atoms with van der Waals surface area (Å²) in [6.07, 6.45) is 0.804. The number of piperidine rings is 1. The van der Waals surface area contributed by atoms with Gasteiger partial charge in [-0.05, 0) is 26.8 Å². The number of nitrogens with zero attached hydrogens (tertiary/aromatic N) is 1. The third kappa shape index (κ3) is 1.25. The number of amides is 2. The summed E-state index contributed by atoms with van der Waals surface area (Å²) in [4.78, 5) is 25.2. The predicted octanol–water partition coefficient (Wildman–Crippen LogP) is -0.0107. The van der Waals surface area contributed by atoms with Crippen molar-refractivity contribution in [3.63, 3.8) is 0 Å². The quantitative estimate of drug-likeness (QED) is 0.600. The molecule has 0 radical (unpaired) electrons. The molecule has 0 bridgehead atoms. The molecule has 2 aliphatic rings. The van der Waals surface area contributed by atoms with E-state index in [1.807, 2.05) is 13.8 Å². The number of rotatable bonds is 1. The van der Waals surface area contributed by atoms with Crippen molar-refractivity contribution in [1.29, 1.82) is 0 Å². The van der Waals surface area contributed by atoms with Crippen molar-refractivity contribution < 1.29 is 9.59 Å². The third-order valence-electron chi connectivity index (χ3n) is 3.11. The second-order valence-electron chi connectivity index (χ2n) is 4.35. The normalized spacial score (nSPS) is 32.6. The van der Waals surface area contributed by atoms with Crippen molar-refractivity contribution in [3.05, 3.63) is 0 Å². The molecule has 0 aliphatic carbocycles. The Morgan fingerprint density at radius 1 is 1.29 bits per heavy atom. The lowest BCUT2D eigenvalue weighted by atomic mass is 9.89. The molecule has 0 spiro atoms. The second kappa shape index (κ2) is 3.35. The Bertz CT molecular complexity index is 251. The minimum absolute atomic E-state index is 0.000556. The number of carbonyl (C=O) groups is 2. The lowest BCUT2D eigenvalue weighted by Crippen LogP contribution is -2.38. The molecule has 2 saturated heterocycles. The highest BCUT2D eigenvalue weighted by Crippen LogP contribution is 2.31. The van der Waals surface area contributed by atoms with Gasteiger partial charge in [0.15, 0.2) is 0 Å². The minimum atomic E-state index is -0.0985. The zero-order valence-corrected chi connectivity index (χ0v) is 8.62. The van der Waals surface area contributed by atoms with Gasteiger partial charge in [-0.2, -0.15) is 0 Å². The number of carbonyl (C=O) groups excluding carboxylic acids is 2. The monoisotopic (exact) mass is 196 g/mol. The molecule has 0 aromatic heterocycles. The van der Waals surface area contributed by atoms with Gasteiger partial charge in [-0.25, -0.2) is 0 Å². The van der Waals surface area contributed by atoms with Gasteiger partial charge in [-0.1, -0.05) is 0 Å². The molecule has 0 saturated carbocycles. The molecule has 2 unspecified atom stereocenters. The summed E-state index contributed by atoms with van der Waals surface area (Å²) in [5.74, 6) is -0.0940. The van der Waals surface area contributed by atoms with E-state index in [9.17, 15) is 9.59 Å². The molecule has 2 heterocycles. The Morgan fingerprint density at radius 3 is 2.50 bits per heavy atom. The fourth-order valence-electron chi connectivity index (χ4n) is 2.39. The average molecular weight is 196 g/mol. The van der Waals surface area contributed by atoms with Crippen LogP contribution in [0, 0.1) is 11.8 Å². The van der Waals surface area contributed by atoms with Gasteiger partial charge in [0, 0.05) is 12.6 Å². The van der Waals surface area contributed by atoms with Gasteiger partial charge < -0.3 is 5.32 Å². The fourth-order valence-corrected chi connectivity index (χ4v) is 2.39. The zero-order chi connectivity index (χ0) is 10.3. The Morgan fingerprint density at radius 2 is 1.93 bits per heavy atom. The number of imide groups is 1. The van der Waals surface area contributed by atoms with E-state index in [4.69, 9.17) is 0 Å². The largest absolute Gasteiger partial charge is 0.316 e. The third-order valence-corrected chi connectivity index (χ3v) is 3.11. The lowest BCUT2D eigenvalue weighted by Gasteiger charge is -2.21. The molecule has 0 aromatic rings. The minimum Gasteiger partial charge on any atom is -0.316 e. The van der Waals surface area contributed by atoms with Crippen LogP contribution in [0.25, 0.3) is 0 Å². The van der Waals surface area contributed by atoms with E-state index in [0.29, 0.717) is 6.54 Å². The van der Waals surface area contributed by atoms with Crippen LogP contribution >= 0.6 is 0 Å². The standard InChI is InChI=1S/C10H16N2O2/c1-6(2)12-9(13)7-3-4-11-5-8(7)10(12)14/h6-8,11H,3-5H2,1-2H3. The summed E-state index contributed by atoms with van der Waals surface area (Å²) in [6, 6.07) is 0.000556. The van der Waals surface area contributed by atoms with Crippen molar-refractivity contribution in [3.8, 4) is 0 Å². The average Bonchev–Trinajstić information content (AvgIpc) is 2.41. The van der Waals surface area contributed by atoms with Crippen LogP contribution in [0.3, 0.4) is 0 Å². The first-order valence-corrected chi connectivity index (χ1v) is 5.20.